The lowest BCUT2D eigenvalue weighted by Gasteiger charge is -2.23. The van der Waals surface area contributed by atoms with E-state index in [2.05, 4.69) is 20.6 Å². The minimum Gasteiger partial charge on any atom is -0.497 e. The number of aromatic nitrogens is 2. The first-order chi connectivity index (χ1) is 28.9. The van der Waals surface area contributed by atoms with Crippen LogP contribution in [0.4, 0.5) is 16.2 Å². The molecule has 1 aromatic heterocycles. The van der Waals surface area contributed by atoms with E-state index >= 15 is 0 Å². The Hall–Kier alpha value is -6.29. The summed E-state index contributed by atoms with van der Waals surface area (Å²) < 4.78 is 39.3. The summed E-state index contributed by atoms with van der Waals surface area (Å²) in [5, 5.41) is 16.3. The fraction of sp³-hybridized carbons (Fsp3) is 0.356. The number of ether oxygens (including phenoxy) is 7. The Labute approximate surface area is 349 Å². The number of carboxylic acid groups (broad SMARTS) is 1. The van der Waals surface area contributed by atoms with Crippen LogP contribution in [0.3, 0.4) is 0 Å². The van der Waals surface area contributed by atoms with Crippen molar-refractivity contribution in [3.05, 3.63) is 102 Å². The Morgan fingerprint density at radius 3 is 2.13 bits per heavy atom. The smallest absolute Gasteiger partial charge is 0.323 e. The molecule has 5 rings (SSSR count). The Morgan fingerprint density at radius 1 is 0.733 bits per heavy atom. The molecule has 0 spiro atoms. The highest BCUT2D eigenvalue weighted by Crippen LogP contribution is 2.38. The molecule has 0 aliphatic rings. The zero-order valence-corrected chi connectivity index (χ0v) is 34.8. The van der Waals surface area contributed by atoms with Gasteiger partial charge in [-0.05, 0) is 52.9 Å². The number of carboxylic acids is 1. The molecule has 0 saturated heterocycles. The first kappa shape index (κ1) is 44.8. The maximum Gasteiger partial charge on any atom is 0.323 e. The molecule has 0 fully saturated rings. The van der Waals surface area contributed by atoms with E-state index in [1.165, 1.54) is 7.11 Å². The van der Waals surface area contributed by atoms with E-state index in [9.17, 15) is 14.4 Å². The molecule has 2 amide bonds. The highest BCUT2D eigenvalue weighted by atomic mass is 16.6. The van der Waals surface area contributed by atoms with Gasteiger partial charge < -0.3 is 48.9 Å². The molecule has 4 aromatic carbocycles. The van der Waals surface area contributed by atoms with Crippen LogP contribution in [0, 0.1) is 0 Å². The minimum absolute atomic E-state index is 0.143. The van der Waals surface area contributed by atoms with Gasteiger partial charge in [0.15, 0.2) is 11.5 Å². The number of hydrogen-bond donors (Lipinski definition) is 3. The molecule has 0 atom stereocenters. The van der Waals surface area contributed by atoms with Crippen LogP contribution in [0.1, 0.15) is 60.9 Å². The average Bonchev–Trinajstić information content (AvgIpc) is 3.22. The molecule has 15 heteroatoms. The topological polar surface area (TPSA) is 186 Å². The number of urea groups is 1. The summed E-state index contributed by atoms with van der Waals surface area (Å²) in [6.45, 7) is 8.65. The molecule has 0 aliphatic carbocycles. The SMILES string of the molecule is COCCOCCOCCOc1cc(Cc2nccc(Oc3ccc(NC(=O)Nc4cc(C(C)(C)C)cc(C(=O)CCC(=O)O)c4OC)c4ccccc34)n2)cc(OC)c1. The molecule has 5 aromatic rings. The second kappa shape index (κ2) is 21.6. The number of aliphatic carboxylic acids is 1. The fourth-order valence-corrected chi connectivity index (χ4v) is 6.12. The van der Waals surface area contributed by atoms with Gasteiger partial charge in [-0.2, -0.15) is 4.98 Å². The monoisotopic (exact) mass is 824 g/mol. The van der Waals surface area contributed by atoms with Crippen molar-refractivity contribution >= 4 is 39.9 Å². The molecule has 1 heterocycles. The van der Waals surface area contributed by atoms with E-state index in [1.54, 1.807) is 56.8 Å². The summed E-state index contributed by atoms with van der Waals surface area (Å²) in [4.78, 5) is 47.1. The summed E-state index contributed by atoms with van der Waals surface area (Å²) in [6.07, 6.45) is 1.45. The zero-order valence-electron chi connectivity index (χ0n) is 34.8. The van der Waals surface area contributed by atoms with Gasteiger partial charge in [0.1, 0.15) is 29.7 Å². The van der Waals surface area contributed by atoms with Gasteiger partial charge in [0, 0.05) is 49.1 Å². The van der Waals surface area contributed by atoms with E-state index in [0.29, 0.717) is 91.5 Å². The van der Waals surface area contributed by atoms with Crippen LogP contribution in [0.2, 0.25) is 0 Å². The summed E-state index contributed by atoms with van der Waals surface area (Å²) in [5.41, 5.74) is 2.19. The Balaban J connectivity index is 1.28. The number of carbonyl (C=O) groups is 3. The molecule has 60 heavy (non-hydrogen) atoms. The molecular formula is C45H52N4O11. The maximum atomic E-state index is 13.6. The van der Waals surface area contributed by atoms with Crippen molar-refractivity contribution in [2.24, 2.45) is 0 Å². The van der Waals surface area contributed by atoms with Crippen molar-refractivity contribution in [1.82, 2.24) is 9.97 Å². The van der Waals surface area contributed by atoms with E-state index in [0.717, 1.165) is 11.1 Å². The number of fused-ring (bicyclic) bond motifs is 1. The molecule has 0 saturated carbocycles. The van der Waals surface area contributed by atoms with Crippen molar-refractivity contribution in [3.63, 3.8) is 0 Å². The third-order valence-corrected chi connectivity index (χ3v) is 9.14. The number of hydrogen-bond acceptors (Lipinski definition) is 12. The van der Waals surface area contributed by atoms with E-state index < -0.39 is 23.2 Å². The van der Waals surface area contributed by atoms with Crippen LogP contribution < -0.4 is 29.6 Å². The lowest BCUT2D eigenvalue weighted by atomic mass is 9.84. The molecule has 318 valence electrons. The van der Waals surface area contributed by atoms with Gasteiger partial charge >= 0.3 is 12.0 Å². The van der Waals surface area contributed by atoms with Crippen molar-refractivity contribution < 1.29 is 52.6 Å². The van der Waals surface area contributed by atoms with E-state index in [1.807, 2.05) is 57.2 Å². The van der Waals surface area contributed by atoms with Crippen LogP contribution >= 0.6 is 0 Å². The number of anilines is 2. The summed E-state index contributed by atoms with van der Waals surface area (Å²) in [6, 6.07) is 21.0. The number of nitrogens with one attached hydrogen (secondary N) is 2. The summed E-state index contributed by atoms with van der Waals surface area (Å²) >= 11 is 0. The van der Waals surface area contributed by atoms with Crippen LogP contribution in [-0.2, 0) is 30.8 Å². The van der Waals surface area contributed by atoms with Crippen LogP contribution in [-0.4, -0.2) is 93.8 Å². The second-order valence-corrected chi connectivity index (χ2v) is 14.6. The van der Waals surface area contributed by atoms with Gasteiger partial charge in [0.25, 0.3) is 0 Å². The lowest BCUT2D eigenvalue weighted by molar-refractivity contribution is -0.136. The van der Waals surface area contributed by atoms with Crippen molar-refractivity contribution in [2.75, 3.05) is 71.6 Å². The summed E-state index contributed by atoms with van der Waals surface area (Å²) in [7, 11) is 4.61. The van der Waals surface area contributed by atoms with Crippen LogP contribution in [0.25, 0.3) is 10.8 Å². The number of benzene rings is 4. The van der Waals surface area contributed by atoms with E-state index in [-0.39, 0.29) is 29.8 Å². The average molecular weight is 825 g/mol. The maximum absolute atomic E-state index is 13.6. The molecule has 3 N–H and O–H groups in total. The Bertz CT molecular complexity index is 2260. The van der Waals surface area contributed by atoms with Gasteiger partial charge in [-0.25, -0.2) is 9.78 Å². The predicted molar refractivity (Wildman–Crippen MR) is 226 cm³/mol. The van der Waals surface area contributed by atoms with Crippen molar-refractivity contribution in [2.45, 2.75) is 45.4 Å². The Kier molecular flexibility index (Phi) is 16.2. The van der Waals surface area contributed by atoms with Gasteiger partial charge in [-0.15, -0.1) is 0 Å². The predicted octanol–water partition coefficient (Wildman–Crippen LogP) is 8.08. The number of methoxy groups -OCH3 is 3. The molecular weight excluding hydrogens is 773 g/mol. The van der Waals surface area contributed by atoms with Crippen LogP contribution in [0.5, 0.6) is 28.9 Å². The second-order valence-electron chi connectivity index (χ2n) is 14.6. The fourth-order valence-electron chi connectivity index (χ4n) is 6.12. The highest BCUT2D eigenvalue weighted by molar-refractivity contribution is 6.09. The molecule has 15 nitrogen and oxygen atoms in total. The third kappa shape index (κ3) is 12.9. The van der Waals surface area contributed by atoms with Gasteiger partial charge in [-0.1, -0.05) is 45.0 Å². The quantitative estimate of drug-likeness (QED) is 0.0450. The molecule has 0 bridgehead atoms. The molecule has 0 aliphatic heterocycles. The lowest BCUT2D eigenvalue weighted by Crippen LogP contribution is -2.22. The van der Waals surface area contributed by atoms with Gasteiger partial charge in [-0.3, -0.25) is 9.59 Å². The number of rotatable bonds is 22. The van der Waals surface area contributed by atoms with Crippen LogP contribution in [0.15, 0.2) is 79.0 Å². The standard InChI is InChI=1S/C45H52N4O11/c1-45(2,3)30-26-35(38(50)12-14-42(51)52)43(56-6)37(27-30)48-44(53)47-36-11-13-39(34-10-8-7-9-33(34)36)60-41-15-16-46-40(49-41)25-29-23-31(55-5)28-32(24-29)59-22-21-58-20-19-57-18-17-54-4/h7-11,13,15-16,23-24,26-28H,12,14,17-22,25H2,1-6H3,(H,51,52)(H2,47,48,53). The number of ketones is 1. The highest BCUT2D eigenvalue weighted by Gasteiger charge is 2.24. The van der Waals surface area contributed by atoms with Gasteiger partial charge in [0.05, 0.1) is 70.6 Å². The van der Waals surface area contributed by atoms with Gasteiger partial charge in [0.2, 0.25) is 5.88 Å². The van der Waals surface area contributed by atoms with Crippen molar-refractivity contribution in [3.8, 4) is 28.9 Å². The first-order valence-corrected chi connectivity index (χ1v) is 19.4. The number of amides is 2. The minimum atomic E-state index is -1.09. The normalized spacial score (nSPS) is 11.2. The number of Topliss-reactive ketones (excluding diaryl/α,β-unsaturated/α-hetero) is 1. The molecule has 0 radical (unpaired) electrons. The zero-order chi connectivity index (χ0) is 43.1. The molecule has 0 unspecified atom stereocenters. The largest absolute Gasteiger partial charge is 0.497 e. The first-order valence-electron chi connectivity index (χ1n) is 19.4. The van der Waals surface area contributed by atoms with Crippen molar-refractivity contribution in [1.29, 1.82) is 0 Å². The summed E-state index contributed by atoms with van der Waals surface area (Å²) in [5.74, 6) is 1.24. The third-order valence-electron chi connectivity index (χ3n) is 9.14. The number of carbonyl (C=O) groups excluding carboxylic acids is 2. The number of nitrogens with zero attached hydrogens (tertiary/aromatic N) is 2. The Morgan fingerprint density at radius 2 is 1.43 bits per heavy atom. The van der Waals surface area contributed by atoms with E-state index in [4.69, 9.17) is 38.3 Å².